The molecule has 120 valence electrons. The molecule has 0 unspecified atom stereocenters. The number of carbonyl (C=O) groups is 2. The highest BCUT2D eigenvalue weighted by atomic mass is 79.9. The molecule has 1 saturated carbocycles. The lowest BCUT2D eigenvalue weighted by atomic mass is 10.2. The maximum atomic E-state index is 12.0. The smallest absolute Gasteiger partial charge is 0.223 e. The van der Waals surface area contributed by atoms with Crippen molar-refractivity contribution in [1.82, 2.24) is 5.32 Å². The van der Waals surface area contributed by atoms with Crippen molar-refractivity contribution in [2.24, 2.45) is 0 Å². The highest BCUT2D eigenvalue weighted by Gasteiger charge is 2.19. The lowest BCUT2D eigenvalue weighted by Crippen LogP contribution is -2.37. The highest BCUT2D eigenvalue weighted by molar-refractivity contribution is 9.10. The van der Waals surface area contributed by atoms with Crippen LogP contribution < -0.4 is 10.2 Å². The molecule has 4 nitrogen and oxygen atoms in total. The molecule has 0 aromatic heterocycles. The summed E-state index contributed by atoms with van der Waals surface area (Å²) in [6.07, 6.45) is 4.88. The Morgan fingerprint density at radius 3 is 2.59 bits per heavy atom. The first-order valence-electron chi connectivity index (χ1n) is 7.81. The van der Waals surface area contributed by atoms with Crippen molar-refractivity contribution in [3.8, 4) is 0 Å². The molecule has 1 aliphatic carbocycles. The van der Waals surface area contributed by atoms with Gasteiger partial charge in [0.15, 0.2) is 0 Å². The third kappa shape index (κ3) is 4.57. The van der Waals surface area contributed by atoms with Crippen LogP contribution in [-0.4, -0.2) is 24.4 Å². The summed E-state index contributed by atoms with van der Waals surface area (Å²) in [6.45, 7) is 3.94. The number of nitrogens with one attached hydrogen (secondary N) is 1. The minimum Gasteiger partial charge on any atom is -0.353 e. The average Bonchev–Trinajstić information content (AvgIpc) is 2.95. The van der Waals surface area contributed by atoms with Gasteiger partial charge in [-0.2, -0.15) is 0 Å². The van der Waals surface area contributed by atoms with Gasteiger partial charge in [-0.15, -0.1) is 0 Å². The molecular weight excluding hydrogens is 344 g/mol. The molecule has 0 radical (unpaired) electrons. The van der Waals surface area contributed by atoms with Crippen molar-refractivity contribution < 1.29 is 9.59 Å². The van der Waals surface area contributed by atoms with Gasteiger partial charge >= 0.3 is 0 Å². The van der Waals surface area contributed by atoms with Gasteiger partial charge in [-0.05, 0) is 37.5 Å². The molecular formula is C17H23BrN2O2. The van der Waals surface area contributed by atoms with Gasteiger partial charge in [0, 0.05) is 36.1 Å². The molecule has 1 N–H and O–H groups in total. The van der Waals surface area contributed by atoms with Gasteiger partial charge in [0.2, 0.25) is 11.8 Å². The monoisotopic (exact) mass is 366 g/mol. The van der Waals surface area contributed by atoms with E-state index in [1.54, 1.807) is 4.90 Å². The Morgan fingerprint density at radius 2 is 2.00 bits per heavy atom. The number of anilines is 1. The topological polar surface area (TPSA) is 49.4 Å². The number of carbonyl (C=O) groups excluding carboxylic acids is 2. The fraction of sp³-hybridized carbons (Fsp3) is 0.529. The van der Waals surface area contributed by atoms with Crippen LogP contribution in [-0.2, 0) is 9.59 Å². The molecule has 2 amide bonds. The van der Waals surface area contributed by atoms with Crippen molar-refractivity contribution in [3.05, 3.63) is 28.2 Å². The van der Waals surface area contributed by atoms with E-state index in [9.17, 15) is 9.59 Å². The lowest BCUT2D eigenvalue weighted by Gasteiger charge is -2.22. The molecule has 5 heteroatoms. The summed E-state index contributed by atoms with van der Waals surface area (Å²) in [5, 5.41) is 3.06. The fourth-order valence-electron chi connectivity index (χ4n) is 2.80. The Morgan fingerprint density at radius 1 is 1.32 bits per heavy atom. The first kappa shape index (κ1) is 17.0. The SMILES string of the molecule is CC(=O)N(CCC(=O)NC1CCCC1)c1ccc(C)c(Br)c1. The van der Waals surface area contributed by atoms with Crippen LogP contribution in [0.15, 0.2) is 22.7 Å². The third-order valence-electron chi connectivity index (χ3n) is 4.13. The predicted octanol–water partition coefficient (Wildman–Crippen LogP) is 3.56. The van der Waals surface area contributed by atoms with Gasteiger partial charge in [-0.1, -0.05) is 34.8 Å². The van der Waals surface area contributed by atoms with E-state index in [0.717, 1.165) is 28.6 Å². The number of amides is 2. The van der Waals surface area contributed by atoms with Crippen LogP contribution in [0.3, 0.4) is 0 Å². The lowest BCUT2D eigenvalue weighted by molar-refractivity contribution is -0.121. The average molecular weight is 367 g/mol. The summed E-state index contributed by atoms with van der Waals surface area (Å²) in [5.74, 6) is -0.0197. The quantitative estimate of drug-likeness (QED) is 0.865. The Bertz CT molecular complexity index is 554. The number of halogens is 1. The first-order valence-corrected chi connectivity index (χ1v) is 8.60. The van der Waals surface area contributed by atoms with Crippen molar-refractivity contribution in [3.63, 3.8) is 0 Å². The summed E-state index contributed by atoms with van der Waals surface area (Å²) in [5.41, 5.74) is 1.94. The minimum atomic E-state index is -0.0515. The van der Waals surface area contributed by atoms with E-state index in [4.69, 9.17) is 0 Å². The van der Waals surface area contributed by atoms with Crippen molar-refractivity contribution >= 4 is 33.4 Å². The number of rotatable bonds is 5. The molecule has 0 saturated heterocycles. The van der Waals surface area contributed by atoms with Crippen molar-refractivity contribution in [1.29, 1.82) is 0 Å². The standard InChI is InChI=1S/C17H23BrN2O2/c1-12-7-8-15(11-16(12)18)20(13(2)21)10-9-17(22)19-14-5-3-4-6-14/h7-8,11,14H,3-6,9-10H2,1-2H3,(H,19,22). The fourth-order valence-corrected chi connectivity index (χ4v) is 3.17. The number of benzene rings is 1. The van der Waals surface area contributed by atoms with Crippen molar-refractivity contribution in [2.75, 3.05) is 11.4 Å². The normalized spacial score (nSPS) is 14.9. The third-order valence-corrected chi connectivity index (χ3v) is 4.98. The van der Waals surface area contributed by atoms with Crippen LogP contribution in [0.25, 0.3) is 0 Å². The molecule has 1 aromatic rings. The molecule has 1 aliphatic rings. The first-order chi connectivity index (χ1) is 10.5. The van der Waals surface area contributed by atoms with Crippen LogP contribution in [0.4, 0.5) is 5.69 Å². The zero-order valence-electron chi connectivity index (χ0n) is 13.2. The second-order valence-corrected chi connectivity index (χ2v) is 6.76. The number of aryl methyl sites for hydroxylation is 1. The summed E-state index contributed by atoms with van der Waals surface area (Å²) in [4.78, 5) is 25.5. The maximum absolute atomic E-state index is 12.0. The largest absolute Gasteiger partial charge is 0.353 e. The Kier molecular flexibility index (Phi) is 6.00. The zero-order valence-corrected chi connectivity index (χ0v) is 14.8. The number of nitrogens with zero attached hydrogens (tertiary/aromatic N) is 1. The van der Waals surface area contributed by atoms with Crippen LogP contribution in [0.5, 0.6) is 0 Å². The molecule has 0 spiro atoms. The number of hydrogen-bond donors (Lipinski definition) is 1. The van der Waals surface area contributed by atoms with E-state index < -0.39 is 0 Å². The van der Waals surface area contributed by atoms with E-state index in [1.165, 1.54) is 19.8 Å². The summed E-state index contributed by atoms with van der Waals surface area (Å²) >= 11 is 3.48. The van der Waals surface area contributed by atoms with Gasteiger partial charge in [0.25, 0.3) is 0 Å². The van der Waals surface area contributed by atoms with E-state index in [-0.39, 0.29) is 11.8 Å². The van der Waals surface area contributed by atoms with Gasteiger partial charge < -0.3 is 10.2 Å². The second kappa shape index (κ2) is 7.77. The molecule has 22 heavy (non-hydrogen) atoms. The van der Waals surface area contributed by atoms with Crippen molar-refractivity contribution in [2.45, 2.75) is 52.0 Å². The molecule has 0 heterocycles. The molecule has 1 aromatic carbocycles. The van der Waals surface area contributed by atoms with Crippen LogP contribution >= 0.6 is 15.9 Å². The molecule has 0 atom stereocenters. The van der Waals surface area contributed by atoms with Crippen LogP contribution in [0, 0.1) is 6.92 Å². The molecule has 1 fully saturated rings. The maximum Gasteiger partial charge on any atom is 0.223 e. The van der Waals surface area contributed by atoms with E-state index in [0.29, 0.717) is 19.0 Å². The van der Waals surface area contributed by atoms with E-state index in [2.05, 4.69) is 21.2 Å². The summed E-state index contributed by atoms with van der Waals surface area (Å²) in [6, 6.07) is 6.13. The van der Waals surface area contributed by atoms with Gasteiger partial charge in [0.1, 0.15) is 0 Å². The molecule has 2 rings (SSSR count). The molecule has 0 bridgehead atoms. The Labute approximate surface area is 140 Å². The zero-order chi connectivity index (χ0) is 16.1. The Balaban J connectivity index is 1.95. The van der Waals surface area contributed by atoms with Gasteiger partial charge in [0.05, 0.1) is 0 Å². The van der Waals surface area contributed by atoms with E-state index >= 15 is 0 Å². The van der Waals surface area contributed by atoms with Gasteiger partial charge in [-0.25, -0.2) is 0 Å². The molecule has 0 aliphatic heterocycles. The minimum absolute atomic E-state index is 0.0318. The second-order valence-electron chi connectivity index (χ2n) is 5.90. The van der Waals surface area contributed by atoms with E-state index in [1.807, 2.05) is 25.1 Å². The highest BCUT2D eigenvalue weighted by Crippen LogP contribution is 2.24. The Hall–Kier alpha value is -1.36. The number of hydrogen-bond acceptors (Lipinski definition) is 2. The van der Waals surface area contributed by atoms with Crippen LogP contribution in [0.1, 0.15) is 44.6 Å². The van der Waals surface area contributed by atoms with Gasteiger partial charge in [-0.3, -0.25) is 9.59 Å². The summed E-state index contributed by atoms with van der Waals surface area (Å²) in [7, 11) is 0. The predicted molar refractivity (Wildman–Crippen MR) is 91.9 cm³/mol. The summed E-state index contributed by atoms with van der Waals surface area (Å²) < 4.78 is 0.964. The van der Waals surface area contributed by atoms with Crippen LogP contribution in [0.2, 0.25) is 0 Å².